The maximum atomic E-state index is 11.0. The highest BCUT2D eigenvalue weighted by Gasteiger charge is 2.38. The molecule has 0 unspecified atom stereocenters. The Morgan fingerprint density at radius 3 is 1.61 bits per heavy atom. The standard InChI is InChI=1S/C11H16N2O.2C2HF3O2/c12-8-6-11(14)13-9-7-10-4-2-1-3-5-10;2*3-2(4,5)1(6)7/h1-5H,6-9,12H2,(H,13,14);2*(H,6,7). The molecule has 1 aromatic rings. The largest absolute Gasteiger partial charge is 0.490 e. The van der Waals surface area contributed by atoms with Crippen molar-refractivity contribution in [2.24, 2.45) is 5.73 Å². The van der Waals surface area contributed by atoms with Gasteiger partial charge in [-0.15, -0.1) is 0 Å². The fraction of sp³-hybridized carbons (Fsp3) is 0.400. The molecular weight excluding hydrogens is 402 g/mol. The summed E-state index contributed by atoms with van der Waals surface area (Å²) in [5.74, 6) is -5.48. The molecule has 0 aromatic heterocycles. The summed E-state index contributed by atoms with van der Waals surface area (Å²) in [5.41, 5.74) is 6.49. The van der Waals surface area contributed by atoms with E-state index >= 15 is 0 Å². The number of rotatable bonds is 5. The van der Waals surface area contributed by atoms with Gasteiger partial charge >= 0.3 is 24.3 Å². The number of nitrogens with one attached hydrogen (secondary N) is 1. The van der Waals surface area contributed by atoms with Crippen LogP contribution in [-0.2, 0) is 20.8 Å². The Bertz CT molecular complexity index is 581. The van der Waals surface area contributed by atoms with Crippen molar-refractivity contribution >= 4 is 17.8 Å². The van der Waals surface area contributed by atoms with Crippen molar-refractivity contribution in [3.8, 4) is 0 Å². The Hall–Kier alpha value is -2.83. The number of halogens is 6. The first kappa shape index (κ1) is 27.4. The highest BCUT2D eigenvalue weighted by Crippen LogP contribution is 2.13. The van der Waals surface area contributed by atoms with E-state index in [2.05, 4.69) is 17.4 Å². The lowest BCUT2D eigenvalue weighted by Gasteiger charge is -2.03. The molecule has 0 saturated carbocycles. The Morgan fingerprint density at radius 1 is 0.893 bits per heavy atom. The quantitative estimate of drug-likeness (QED) is 0.539. The van der Waals surface area contributed by atoms with Crippen LogP contribution >= 0.6 is 0 Å². The van der Waals surface area contributed by atoms with Crippen LogP contribution in [0.25, 0.3) is 0 Å². The number of nitrogens with two attached hydrogens (primary N) is 1. The molecule has 28 heavy (non-hydrogen) atoms. The number of hydrogen-bond acceptors (Lipinski definition) is 4. The third-order valence-electron chi connectivity index (χ3n) is 2.44. The third-order valence-corrected chi connectivity index (χ3v) is 2.44. The minimum absolute atomic E-state index is 0.0310. The summed E-state index contributed by atoms with van der Waals surface area (Å²) in [6.07, 6.45) is -8.88. The molecule has 5 N–H and O–H groups in total. The Balaban J connectivity index is 0. The van der Waals surface area contributed by atoms with Crippen LogP contribution in [0.4, 0.5) is 26.3 Å². The van der Waals surface area contributed by atoms with Crippen molar-refractivity contribution in [1.29, 1.82) is 0 Å². The monoisotopic (exact) mass is 420 g/mol. The second-order valence-electron chi connectivity index (χ2n) is 4.73. The van der Waals surface area contributed by atoms with Crippen LogP contribution < -0.4 is 11.1 Å². The Morgan fingerprint density at radius 2 is 1.29 bits per heavy atom. The van der Waals surface area contributed by atoms with E-state index in [1.54, 1.807) is 0 Å². The molecular formula is C15H18F6N2O5. The highest BCUT2D eigenvalue weighted by molar-refractivity contribution is 5.76. The van der Waals surface area contributed by atoms with E-state index in [9.17, 15) is 31.1 Å². The first-order chi connectivity index (χ1) is 12.7. The topological polar surface area (TPSA) is 130 Å². The van der Waals surface area contributed by atoms with Crippen LogP contribution in [0.2, 0.25) is 0 Å². The Labute approximate surface area is 155 Å². The molecule has 0 aliphatic heterocycles. The average Bonchev–Trinajstić information content (AvgIpc) is 2.55. The van der Waals surface area contributed by atoms with Gasteiger partial charge in [0, 0.05) is 19.5 Å². The molecule has 0 fully saturated rings. The zero-order valence-corrected chi connectivity index (χ0v) is 14.2. The van der Waals surface area contributed by atoms with Gasteiger partial charge in [0.1, 0.15) is 0 Å². The lowest BCUT2D eigenvalue weighted by atomic mass is 10.1. The van der Waals surface area contributed by atoms with E-state index in [0.717, 1.165) is 6.42 Å². The minimum atomic E-state index is -5.08. The summed E-state index contributed by atoms with van der Waals surface area (Å²) < 4.78 is 63.5. The van der Waals surface area contributed by atoms with Gasteiger partial charge in [0.15, 0.2) is 0 Å². The van der Waals surface area contributed by atoms with Gasteiger partial charge in [0.2, 0.25) is 5.91 Å². The van der Waals surface area contributed by atoms with Gasteiger partial charge in [-0.25, -0.2) is 9.59 Å². The second-order valence-corrected chi connectivity index (χ2v) is 4.73. The van der Waals surface area contributed by atoms with Crippen LogP contribution in [0, 0.1) is 0 Å². The number of hydrogen-bond donors (Lipinski definition) is 4. The van der Waals surface area contributed by atoms with Crippen molar-refractivity contribution in [2.45, 2.75) is 25.2 Å². The first-order valence-electron chi connectivity index (χ1n) is 7.32. The van der Waals surface area contributed by atoms with Crippen molar-refractivity contribution in [3.05, 3.63) is 35.9 Å². The SMILES string of the molecule is NCCC(=O)NCCc1ccccc1.O=C(O)C(F)(F)F.O=C(O)C(F)(F)F. The lowest BCUT2D eigenvalue weighted by Crippen LogP contribution is -2.27. The van der Waals surface area contributed by atoms with Crippen LogP contribution in [0.1, 0.15) is 12.0 Å². The molecule has 1 aromatic carbocycles. The van der Waals surface area contributed by atoms with E-state index in [-0.39, 0.29) is 5.91 Å². The van der Waals surface area contributed by atoms with Gasteiger partial charge in [0.25, 0.3) is 0 Å². The predicted octanol–water partition coefficient (Wildman–Crippen LogP) is 1.96. The summed E-state index contributed by atoms with van der Waals surface area (Å²) in [6.45, 7) is 1.10. The van der Waals surface area contributed by atoms with Crippen molar-refractivity contribution in [3.63, 3.8) is 0 Å². The summed E-state index contributed by atoms with van der Waals surface area (Å²) in [4.78, 5) is 28.8. The molecule has 0 atom stereocenters. The van der Waals surface area contributed by atoms with Crippen molar-refractivity contribution in [2.75, 3.05) is 13.1 Å². The molecule has 0 aliphatic carbocycles. The van der Waals surface area contributed by atoms with Gasteiger partial charge in [-0.1, -0.05) is 30.3 Å². The highest BCUT2D eigenvalue weighted by atomic mass is 19.4. The molecule has 160 valence electrons. The fourth-order valence-electron chi connectivity index (χ4n) is 1.21. The molecule has 0 aliphatic rings. The zero-order valence-electron chi connectivity index (χ0n) is 14.2. The molecule has 1 rings (SSSR count). The summed E-state index contributed by atoms with van der Waals surface area (Å²) in [6, 6.07) is 10.1. The molecule has 0 heterocycles. The number of alkyl halides is 6. The van der Waals surface area contributed by atoms with Crippen LogP contribution in [0.3, 0.4) is 0 Å². The lowest BCUT2D eigenvalue weighted by molar-refractivity contribution is -0.193. The van der Waals surface area contributed by atoms with E-state index in [1.807, 2.05) is 18.2 Å². The smallest absolute Gasteiger partial charge is 0.475 e. The number of benzene rings is 1. The Kier molecular flexibility index (Phi) is 13.1. The molecule has 0 saturated heterocycles. The number of aliphatic carboxylic acids is 2. The average molecular weight is 420 g/mol. The molecule has 7 nitrogen and oxygen atoms in total. The molecule has 0 spiro atoms. The van der Waals surface area contributed by atoms with E-state index in [1.165, 1.54) is 5.56 Å². The number of amides is 1. The summed E-state index contributed by atoms with van der Waals surface area (Å²) in [5, 5.41) is 17.1. The van der Waals surface area contributed by atoms with Gasteiger partial charge in [-0.3, -0.25) is 4.79 Å². The molecule has 13 heteroatoms. The number of carbonyl (C=O) groups is 3. The van der Waals surface area contributed by atoms with Crippen LogP contribution in [0.5, 0.6) is 0 Å². The van der Waals surface area contributed by atoms with Gasteiger partial charge in [-0.2, -0.15) is 26.3 Å². The fourth-order valence-corrected chi connectivity index (χ4v) is 1.21. The van der Waals surface area contributed by atoms with Crippen molar-refractivity contribution < 1.29 is 50.9 Å². The number of carbonyl (C=O) groups excluding carboxylic acids is 1. The molecule has 1 amide bonds. The summed E-state index contributed by atoms with van der Waals surface area (Å²) in [7, 11) is 0. The van der Waals surface area contributed by atoms with Crippen LogP contribution in [0.15, 0.2) is 30.3 Å². The van der Waals surface area contributed by atoms with Crippen LogP contribution in [-0.4, -0.2) is 53.5 Å². The maximum Gasteiger partial charge on any atom is 0.490 e. The van der Waals surface area contributed by atoms with E-state index in [4.69, 9.17) is 25.5 Å². The number of carboxylic acid groups (broad SMARTS) is 2. The zero-order chi connectivity index (χ0) is 22.4. The van der Waals surface area contributed by atoms with Gasteiger partial charge in [0.05, 0.1) is 0 Å². The molecule has 0 radical (unpaired) electrons. The van der Waals surface area contributed by atoms with Gasteiger partial charge in [-0.05, 0) is 12.0 Å². The molecule has 0 bridgehead atoms. The van der Waals surface area contributed by atoms with E-state index in [0.29, 0.717) is 19.5 Å². The minimum Gasteiger partial charge on any atom is -0.475 e. The summed E-state index contributed by atoms with van der Waals surface area (Å²) >= 11 is 0. The van der Waals surface area contributed by atoms with E-state index < -0.39 is 24.3 Å². The predicted molar refractivity (Wildman–Crippen MR) is 84.2 cm³/mol. The second kappa shape index (κ2) is 13.4. The normalized spacial score (nSPS) is 10.5. The third kappa shape index (κ3) is 16.6. The van der Waals surface area contributed by atoms with Gasteiger partial charge < -0.3 is 21.3 Å². The van der Waals surface area contributed by atoms with Crippen molar-refractivity contribution in [1.82, 2.24) is 5.32 Å². The number of carboxylic acids is 2. The maximum absolute atomic E-state index is 11.0. The first-order valence-corrected chi connectivity index (χ1v) is 7.32.